The monoisotopic (exact) mass is 299 g/mol. The quantitative estimate of drug-likeness (QED) is 0.649. The van der Waals surface area contributed by atoms with Crippen LogP contribution in [0.5, 0.6) is 11.5 Å². The van der Waals surface area contributed by atoms with Crippen molar-refractivity contribution in [3.8, 4) is 11.5 Å². The van der Waals surface area contributed by atoms with E-state index in [0.717, 1.165) is 35.8 Å². The zero-order chi connectivity index (χ0) is 14.8. The molecule has 0 fully saturated rings. The van der Waals surface area contributed by atoms with E-state index in [1.807, 2.05) is 12.1 Å². The Morgan fingerprint density at radius 3 is 2.55 bits per heavy atom. The van der Waals surface area contributed by atoms with Crippen LogP contribution in [-0.4, -0.2) is 20.3 Å². The molecule has 0 heterocycles. The molecular formula is C16H26ClNO2. The summed E-state index contributed by atoms with van der Waals surface area (Å²) in [4.78, 5) is 0. The highest BCUT2D eigenvalue weighted by Gasteiger charge is 2.10. The summed E-state index contributed by atoms with van der Waals surface area (Å²) in [6.45, 7) is 6.72. The third kappa shape index (κ3) is 5.59. The average molecular weight is 300 g/mol. The zero-order valence-electron chi connectivity index (χ0n) is 12.8. The minimum absolute atomic E-state index is 0.668. The number of unbranched alkanes of at least 4 members (excludes halogenated alkanes) is 2. The fourth-order valence-electron chi connectivity index (χ4n) is 1.92. The second-order valence-corrected chi connectivity index (χ2v) is 5.23. The Balaban J connectivity index is 2.62. The summed E-state index contributed by atoms with van der Waals surface area (Å²) in [5.41, 5.74) is 1.05. The first-order chi connectivity index (χ1) is 9.72. The number of nitrogens with one attached hydrogen (secondary N) is 1. The van der Waals surface area contributed by atoms with E-state index in [0.29, 0.717) is 12.4 Å². The molecule has 1 aromatic rings. The van der Waals surface area contributed by atoms with Crippen molar-refractivity contribution in [1.29, 1.82) is 0 Å². The van der Waals surface area contributed by atoms with Crippen LogP contribution in [0.4, 0.5) is 0 Å². The van der Waals surface area contributed by atoms with E-state index in [4.69, 9.17) is 21.1 Å². The first-order valence-electron chi connectivity index (χ1n) is 7.42. The van der Waals surface area contributed by atoms with Crippen LogP contribution in [-0.2, 0) is 6.54 Å². The van der Waals surface area contributed by atoms with Gasteiger partial charge in [-0.3, -0.25) is 0 Å². The van der Waals surface area contributed by atoms with Gasteiger partial charge in [-0.1, -0.05) is 38.3 Å². The predicted molar refractivity (Wildman–Crippen MR) is 85.0 cm³/mol. The van der Waals surface area contributed by atoms with Crippen LogP contribution in [0.15, 0.2) is 12.1 Å². The van der Waals surface area contributed by atoms with Crippen LogP contribution in [0.1, 0.15) is 45.1 Å². The summed E-state index contributed by atoms with van der Waals surface area (Å²) in [7, 11) is 1.65. The van der Waals surface area contributed by atoms with Gasteiger partial charge in [0.05, 0.1) is 13.7 Å². The fraction of sp³-hybridized carbons (Fsp3) is 0.625. The number of benzene rings is 1. The van der Waals surface area contributed by atoms with Gasteiger partial charge in [0.2, 0.25) is 0 Å². The van der Waals surface area contributed by atoms with Crippen LogP contribution in [0.2, 0.25) is 5.02 Å². The van der Waals surface area contributed by atoms with Crippen molar-refractivity contribution in [2.24, 2.45) is 0 Å². The van der Waals surface area contributed by atoms with E-state index in [1.165, 1.54) is 19.3 Å². The minimum Gasteiger partial charge on any atom is -0.493 e. The molecule has 0 aliphatic carbocycles. The van der Waals surface area contributed by atoms with Crippen LogP contribution in [0.3, 0.4) is 0 Å². The third-order valence-electron chi connectivity index (χ3n) is 3.07. The average Bonchev–Trinajstić information content (AvgIpc) is 2.46. The van der Waals surface area contributed by atoms with Gasteiger partial charge in [-0.05, 0) is 31.0 Å². The van der Waals surface area contributed by atoms with Crippen molar-refractivity contribution in [2.75, 3.05) is 20.3 Å². The summed E-state index contributed by atoms with van der Waals surface area (Å²) in [5.74, 6) is 1.46. The van der Waals surface area contributed by atoms with E-state index in [9.17, 15) is 0 Å². The molecule has 4 heteroatoms. The second kappa shape index (κ2) is 9.89. The lowest BCUT2D eigenvalue weighted by atomic mass is 10.2. The van der Waals surface area contributed by atoms with Gasteiger partial charge in [0.1, 0.15) is 0 Å². The Labute approximate surface area is 127 Å². The summed E-state index contributed by atoms with van der Waals surface area (Å²) in [6.07, 6.45) is 4.65. The molecule has 0 saturated carbocycles. The minimum atomic E-state index is 0.668. The highest BCUT2D eigenvalue weighted by molar-refractivity contribution is 6.31. The lowest BCUT2D eigenvalue weighted by molar-refractivity contribution is 0.294. The third-order valence-corrected chi connectivity index (χ3v) is 3.42. The van der Waals surface area contributed by atoms with Crippen LogP contribution >= 0.6 is 11.6 Å². The second-order valence-electron chi connectivity index (χ2n) is 4.83. The van der Waals surface area contributed by atoms with Gasteiger partial charge in [0.15, 0.2) is 11.5 Å². The molecule has 0 radical (unpaired) electrons. The zero-order valence-corrected chi connectivity index (χ0v) is 13.6. The van der Waals surface area contributed by atoms with Gasteiger partial charge in [0, 0.05) is 17.6 Å². The van der Waals surface area contributed by atoms with E-state index < -0.39 is 0 Å². The van der Waals surface area contributed by atoms with E-state index in [2.05, 4.69) is 19.2 Å². The smallest absolute Gasteiger partial charge is 0.162 e. The first kappa shape index (κ1) is 17.1. The molecule has 0 aromatic heterocycles. The Morgan fingerprint density at radius 2 is 1.90 bits per heavy atom. The summed E-state index contributed by atoms with van der Waals surface area (Å²) < 4.78 is 11.0. The first-order valence-corrected chi connectivity index (χ1v) is 7.80. The Morgan fingerprint density at radius 1 is 1.10 bits per heavy atom. The van der Waals surface area contributed by atoms with Gasteiger partial charge in [-0.15, -0.1) is 0 Å². The number of ether oxygens (including phenoxy) is 2. The van der Waals surface area contributed by atoms with E-state index >= 15 is 0 Å². The highest BCUT2D eigenvalue weighted by Crippen LogP contribution is 2.33. The number of rotatable bonds is 10. The van der Waals surface area contributed by atoms with Gasteiger partial charge >= 0.3 is 0 Å². The molecule has 1 rings (SSSR count). The van der Waals surface area contributed by atoms with Crippen molar-refractivity contribution < 1.29 is 9.47 Å². The molecule has 20 heavy (non-hydrogen) atoms. The number of hydrogen-bond donors (Lipinski definition) is 1. The highest BCUT2D eigenvalue weighted by atomic mass is 35.5. The summed E-state index contributed by atoms with van der Waals surface area (Å²) >= 11 is 6.30. The molecule has 0 unspecified atom stereocenters. The topological polar surface area (TPSA) is 30.5 Å². The molecule has 1 aromatic carbocycles. The van der Waals surface area contributed by atoms with Crippen molar-refractivity contribution in [1.82, 2.24) is 5.32 Å². The molecule has 1 N–H and O–H groups in total. The number of hydrogen-bond acceptors (Lipinski definition) is 3. The maximum Gasteiger partial charge on any atom is 0.162 e. The predicted octanol–water partition coefficient (Wildman–Crippen LogP) is 4.42. The van der Waals surface area contributed by atoms with Crippen LogP contribution < -0.4 is 14.8 Å². The lowest BCUT2D eigenvalue weighted by Crippen LogP contribution is -2.15. The number of halogens is 1. The van der Waals surface area contributed by atoms with Crippen LogP contribution in [0, 0.1) is 0 Å². The lowest BCUT2D eigenvalue weighted by Gasteiger charge is -2.14. The molecule has 0 amide bonds. The van der Waals surface area contributed by atoms with E-state index in [-0.39, 0.29) is 0 Å². The van der Waals surface area contributed by atoms with E-state index in [1.54, 1.807) is 7.11 Å². The largest absolute Gasteiger partial charge is 0.493 e. The van der Waals surface area contributed by atoms with Crippen molar-refractivity contribution in [3.05, 3.63) is 22.7 Å². The van der Waals surface area contributed by atoms with Gasteiger partial charge in [-0.2, -0.15) is 0 Å². The molecule has 3 nitrogen and oxygen atoms in total. The Kier molecular flexibility index (Phi) is 8.47. The molecule has 0 atom stereocenters. The maximum absolute atomic E-state index is 6.30. The molecule has 0 bridgehead atoms. The Bertz CT molecular complexity index is 396. The molecule has 0 saturated heterocycles. The van der Waals surface area contributed by atoms with Crippen LogP contribution in [0.25, 0.3) is 0 Å². The van der Waals surface area contributed by atoms with Gasteiger partial charge in [-0.25, -0.2) is 0 Å². The standard InChI is InChI=1S/C16H26ClNO2/c1-4-6-7-8-18-12-13-10-15(19-3)16(11-14(13)17)20-9-5-2/h10-11,18H,4-9,12H2,1-3H3. The maximum atomic E-state index is 6.30. The van der Waals surface area contributed by atoms with Crippen molar-refractivity contribution >= 4 is 11.6 Å². The molecule has 0 aliphatic heterocycles. The van der Waals surface area contributed by atoms with Crippen molar-refractivity contribution in [3.63, 3.8) is 0 Å². The number of methoxy groups -OCH3 is 1. The van der Waals surface area contributed by atoms with Gasteiger partial charge in [0.25, 0.3) is 0 Å². The molecule has 0 spiro atoms. The van der Waals surface area contributed by atoms with Crippen molar-refractivity contribution in [2.45, 2.75) is 46.1 Å². The SMILES string of the molecule is CCCCCNCc1cc(OC)c(OCCC)cc1Cl. The fourth-order valence-corrected chi connectivity index (χ4v) is 2.14. The molecular weight excluding hydrogens is 274 g/mol. The summed E-state index contributed by atoms with van der Waals surface area (Å²) in [5, 5.41) is 4.13. The molecule has 114 valence electrons. The molecule has 0 aliphatic rings. The van der Waals surface area contributed by atoms with Gasteiger partial charge < -0.3 is 14.8 Å². The normalized spacial score (nSPS) is 10.6. The summed E-state index contributed by atoms with van der Waals surface area (Å²) in [6, 6.07) is 3.80. The Hall–Kier alpha value is -0.930.